The van der Waals surface area contributed by atoms with Crippen LogP contribution in [0.2, 0.25) is 0 Å². The summed E-state index contributed by atoms with van der Waals surface area (Å²) in [6.07, 6.45) is -0.0584. The van der Waals surface area contributed by atoms with E-state index >= 15 is 0 Å². The van der Waals surface area contributed by atoms with E-state index in [1.54, 1.807) is 17.5 Å². The third-order valence-electron chi connectivity index (χ3n) is 4.18. The zero-order chi connectivity index (χ0) is 23.5. The van der Waals surface area contributed by atoms with Crippen molar-refractivity contribution in [1.82, 2.24) is 14.6 Å². The van der Waals surface area contributed by atoms with Crippen molar-refractivity contribution in [2.75, 3.05) is 19.5 Å². The van der Waals surface area contributed by atoms with Crippen LogP contribution < -0.4 is 11.1 Å². The fourth-order valence-corrected chi connectivity index (χ4v) is 4.92. The van der Waals surface area contributed by atoms with Crippen molar-refractivity contribution < 1.29 is 36.9 Å². The normalized spacial score (nSPS) is 18.8. The largest absolute Gasteiger partial charge is 0.463 e. The van der Waals surface area contributed by atoms with Crippen LogP contribution in [0, 0.1) is 0 Å². The Morgan fingerprint density at radius 1 is 1.41 bits per heavy atom. The number of aromatic nitrogens is 1. The lowest BCUT2D eigenvalue weighted by Crippen LogP contribution is -2.73. The van der Waals surface area contributed by atoms with Gasteiger partial charge in [-0.15, -0.1) is 22.7 Å². The number of esters is 1. The van der Waals surface area contributed by atoms with Crippen molar-refractivity contribution >= 4 is 61.6 Å². The maximum absolute atomic E-state index is 12.7. The van der Waals surface area contributed by atoms with Crippen molar-refractivity contribution in [2.45, 2.75) is 18.5 Å². The van der Waals surface area contributed by atoms with Gasteiger partial charge >= 0.3 is 16.3 Å². The first-order chi connectivity index (χ1) is 15.1. The monoisotopic (exact) mass is 503 g/mol. The van der Waals surface area contributed by atoms with E-state index < -0.39 is 46.8 Å². The summed E-state index contributed by atoms with van der Waals surface area (Å²) in [5, 5.41) is 9.23. The molecule has 32 heavy (non-hydrogen) atoms. The number of hydrogen-bond donors (Lipinski definition) is 3. The number of anilines is 1. The van der Waals surface area contributed by atoms with Crippen molar-refractivity contribution in [3.63, 3.8) is 0 Å². The van der Waals surface area contributed by atoms with Gasteiger partial charge in [0, 0.05) is 10.3 Å². The second-order valence-corrected chi connectivity index (χ2v) is 9.47. The molecule has 172 valence electrons. The van der Waals surface area contributed by atoms with Crippen molar-refractivity contribution in [1.29, 1.82) is 0 Å². The molecule has 0 bridgehead atoms. The van der Waals surface area contributed by atoms with Gasteiger partial charge in [0.1, 0.15) is 31.5 Å². The van der Waals surface area contributed by atoms with Crippen molar-refractivity contribution in [2.24, 2.45) is 5.16 Å². The summed E-state index contributed by atoms with van der Waals surface area (Å²) in [6, 6.07) is 0.683. The molecule has 0 radical (unpaired) electrons. The molecular weight excluding hydrogens is 486 g/mol. The minimum absolute atomic E-state index is 0.0584. The number of thiophene rings is 1. The van der Waals surface area contributed by atoms with Gasteiger partial charge in [-0.25, -0.2) is 9.29 Å². The molecule has 2 unspecified atom stereocenters. The molecular formula is C16H17N5O8S3. The van der Waals surface area contributed by atoms with Gasteiger partial charge < -0.3 is 20.6 Å². The van der Waals surface area contributed by atoms with Crippen LogP contribution in [-0.2, 0) is 40.7 Å². The molecule has 1 fully saturated rings. The summed E-state index contributed by atoms with van der Waals surface area (Å²) in [4.78, 5) is 46.3. The highest BCUT2D eigenvalue weighted by Crippen LogP contribution is 2.25. The molecule has 2 atom stereocenters. The lowest BCUT2D eigenvalue weighted by molar-refractivity contribution is -0.155. The number of rotatable bonds is 9. The number of nitrogens with zero attached hydrogens (tertiary/aromatic N) is 3. The van der Waals surface area contributed by atoms with E-state index in [9.17, 15) is 27.4 Å². The lowest BCUT2D eigenvalue weighted by Gasteiger charge is -2.43. The van der Waals surface area contributed by atoms with E-state index in [2.05, 4.69) is 20.3 Å². The number of β-lactam (4-membered cyclic amide) rings is 1. The molecule has 0 aromatic carbocycles. The van der Waals surface area contributed by atoms with E-state index in [-0.39, 0.29) is 27.3 Å². The minimum Gasteiger partial charge on any atom is -0.463 e. The molecule has 1 aliphatic heterocycles. The van der Waals surface area contributed by atoms with Gasteiger partial charge in [-0.1, -0.05) is 11.2 Å². The van der Waals surface area contributed by atoms with Crippen molar-refractivity contribution in [3.8, 4) is 0 Å². The standard InChI is InChI=1S/C16H17N5O8S3/c1-28-20-12(9-7-31-16(17)18-9)14(23)19-13-10(21(15(13)24)32(25,26)27)6-29-11(22)5-8-3-2-4-30-8/h2-4,7,10,13H,5-6H2,1H3,(H2,17,18)(H,19,23)(H,25,26,27). The first kappa shape index (κ1) is 23.6. The average Bonchev–Trinajstić information content (AvgIpc) is 3.37. The van der Waals surface area contributed by atoms with Gasteiger partial charge in [-0.3, -0.25) is 18.9 Å². The van der Waals surface area contributed by atoms with Gasteiger partial charge in [0.2, 0.25) is 0 Å². The summed E-state index contributed by atoms with van der Waals surface area (Å²) < 4.78 is 37.7. The second-order valence-electron chi connectivity index (χ2n) is 6.26. The number of nitrogens with one attached hydrogen (secondary N) is 1. The van der Waals surface area contributed by atoms with Crippen LogP contribution in [0.4, 0.5) is 5.13 Å². The molecule has 3 heterocycles. The first-order valence-corrected chi connectivity index (χ1v) is 11.9. The van der Waals surface area contributed by atoms with Crippen LogP contribution >= 0.6 is 22.7 Å². The Morgan fingerprint density at radius 3 is 2.72 bits per heavy atom. The fourth-order valence-electron chi connectivity index (χ4n) is 2.81. The molecule has 0 saturated carbocycles. The van der Waals surface area contributed by atoms with Crippen LogP contribution in [0.25, 0.3) is 0 Å². The smallest absolute Gasteiger partial charge is 0.362 e. The average molecular weight is 504 g/mol. The van der Waals surface area contributed by atoms with E-state index in [0.717, 1.165) is 16.2 Å². The Labute approximate surface area is 189 Å². The van der Waals surface area contributed by atoms with Gasteiger partial charge in [0.15, 0.2) is 10.8 Å². The van der Waals surface area contributed by atoms with Crippen LogP contribution in [0.5, 0.6) is 0 Å². The molecule has 3 rings (SSSR count). The SMILES string of the molecule is CON=C(C(=O)NC1C(=O)N(S(=O)(=O)O)C1COC(=O)Cc1cccs1)c1csc(N)n1. The topological polar surface area (TPSA) is 191 Å². The van der Waals surface area contributed by atoms with Crippen molar-refractivity contribution in [3.05, 3.63) is 33.5 Å². The zero-order valence-electron chi connectivity index (χ0n) is 16.3. The highest BCUT2D eigenvalue weighted by atomic mass is 32.2. The zero-order valence-corrected chi connectivity index (χ0v) is 18.8. The summed E-state index contributed by atoms with van der Waals surface area (Å²) in [5.74, 6) is -2.71. The highest BCUT2D eigenvalue weighted by Gasteiger charge is 2.54. The number of oxime groups is 1. The Morgan fingerprint density at radius 2 is 2.16 bits per heavy atom. The molecule has 13 nitrogen and oxygen atoms in total. The maximum atomic E-state index is 12.7. The third kappa shape index (κ3) is 5.21. The molecule has 4 N–H and O–H groups in total. The molecule has 0 aliphatic carbocycles. The Balaban J connectivity index is 1.72. The predicted octanol–water partition coefficient (Wildman–Crippen LogP) is -0.578. The molecule has 1 saturated heterocycles. The number of carbonyl (C=O) groups excluding carboxylic acids is 3. The molecule has 2 aromatic heterocycles. The van der Waals surface area contributed by atoms with E-state index in [1.165, 1.54) is 23.8 Å². The number of thiazole rings is 1. The molecule has 1 aliphatic rings. The van der Waals surface area contributed by atoms with Crippen LogP contribution in [0.1, 0.15) is 10.6 Å². The quantitative estimate of drug-likeness (QED) is 0.131. The number of ether oxygens (including phenoxy) is 1. The van der Waals surface area contributed by atoms with Crippen LogP contribution in [0.3, 0.4) is 0 Å². The molecule has 0 spiro atoms. The summed E-state index contributed by atoms with van der Waals surface area (Å²) >= 11 is 2.37. The number of hydrogen-bond acceptors (Lipinski definition) is 12. The molecule has 2 amide bonds. The van der Waals surface area contributed by atoms with Crippen LogP contribution in [-0.4, -0.2) is 71.6 Å². The second kappa shape index (κ2) is 9.60. The summed E-state index contributed by atoms with van der Waals surface area (Å²) in [6.45, 7) is -0.582. The number of nitrogen functional groups attached to an aromatic ring is 1. The lowest BCUT2D eigenvalue weighted by atomic mass is 9.99. The highest BCUT2D eigenvalue weighted by molar-refractivity contribution is 7.84. The van der Waals surface area contributed by atoms with Gasteiger partial charge in [0.05, 0.1) is 6.42 Å². The third-order valence-corrected chi connectivity index (χ3v) is 6.68. The fraction of sp³-hybridized carbons (Fsp3) is 0.312. The maximum Gasteiger partial charge on any atom is 0.362 e. The van der Waals surface area contributed by atoms with E-state index in [4.69, 9.17) is 10.5 Å². The Bertz CT molecular complexity index is 1140. The van der Waals surface area contributed by atoms with E-state index in [0.29, 0.717) is 0 Å². The predicted molar refractivity (Wildman–Crippen MR) is 113 cm³/mol. The van der Waals surface area contributed by atoms with E-state index in [1.807, 2.05) is 0 Å². The Kier molecular flexibility index (Phi) is 7.07. The van der Waals surface area contributed by atoms with Gasteiger partial charge in [-0.05, 0) is 11.4 Å². The number of amides is 2. The summed E-state index contributed by atoms with van der Waals surface area (Å²) in [5.41, 5.74) is 5.31. The van der Waals surface area contributed by atoms with Gasteiger partial charge in [0.25, 0.3) is 11.8 Å². The number of carbonyl (C=O) groups is 3. The molecule has 2 aromatic rings. The van der Waals surface area contributed by atoms with Gasteiger partial charge in [-0.2, -0.15) is 8.42 Å². The first-order valence-electron chi connectivity index (χ1n) is 8.74. The summed E-state index contributed by atoms with van der Waals surface area (Å²) in [7, 11) is -3.76. The van der Waals surface area contributed by atoms with Crippen LogP contribution in [0.15, 0.2) is 28.0 Å². The minimum atomic E-state index is -4.95. The number of nitrogens with two attached hydrogens (primary N) is 1. The Hall–Kier alpha value is -3.08. The molecule has 16 heteroatoms.